The van der Waals surface area contributed by atoms with Crippen molar-refractivity contribution in [3.05, 3.63) is 23.9 Å². The number of esters is 1. The lowest BCUT2D eigenvalue weighted by atomic mass is 9.95. The maximum absolute atomic E-state index is 12.4. The van der Waals surface area contributed by atoms with Crippen LogP contribution < -0.4 is 5.32 Å². The highest BCUT2D eigenvalue weighted by Crippen LogP contribution is 2.28. The number of pyridine rings is 1. The van der Waals surface area contributed by atoms with E-state index in [1.807, 2.05) is 6.92 Å². The first-order valence-corrected chi connectivity index (χ1v) is 10.2. The van der Waals surface area contributed by atoms with Crippen molar-refractivity contribution in [3.63, 3.8) is 0 Å². The molecule has 0 saturated carbocycles. The molecule has 1 heterocycles. The molecule has 7 nitrogen and oxygen atoms in total. The fourth-order valence-corrected chi connectivity index (χ4v) is 3.52. The summed E-state index contributed by atoms with van der Waals surface area (Å²) in [4.78, 5) is 40.0. The van der Waals surface area contributed by atoms with Crippen molar-refractivity contribution in [1.29, 1.82) is 0 Å². The molecule has 0 radical (unpaired) electrons. The topological polar surface area (TPSA) is 94.6 Å². The molecule has 0 aliphatic carbocycles. The highest BCUT2D eigenvalue weighted by Gasteiger charge is 2.30. The predicted molar refractivity (Wildman–Crippen MR) is 110 cm³/mol. The molecule has 2 atom stereocenters. The van der Waals surface area contributed by atoms with Crippen LogP contribution in [0.4, 0.5) is 10.6 Å². The fraction of sp³-hybridized carbons (Fsp3) is 0.600. The summed E-state index contributed by atoms with van der Waals surface area (Å²) in [5, 5.41) is 2.37. The Kier molecular flexibility index (Phi) is 9.45. The molecule has 0 aromatic carbocycles. The highest BCUT2D eigenvalue weighted by atomic mass is 32.2. The van der Waals surface area contributed by atoms with Crippen LogP contribution in [0, 0.1) is 5.92 Å². The second-order valence-electron chi connectivity index (χ2n) is 7.30. The molecule has 0 spiro atoms. The van der Waals surface area contributed by atoms with Crippen molar-refractivity contribution >= 4 is 34.8 Å². The van der Waals surface area contributed by atoms with Crippen LogP contribution in [-0.2, 0) is 25.5 Å². The third kappa shape index (κ3) is 8.73. The average Bonchev–Trinajstić information content (AvgIpc) is 2.57. The molecule has 1 rings (SSSR count). The van der Waals surface area contributed by atoms with Crippen LogP contribution in [0.1, 0.15) is 53.5 Å². The van der Waals surface area contributed by atoms with Gasteiger partial charge in [-0.3, -0.25) is 14.9 Å². The smallest absolute Gasteiger partial charge is 0.413 e. The van der Waals surface area contributed by atoms with Gasteiger partial charge in [-0.15, -0.1) is 0 Å². The number of hydrogen-bond donors (Lipinski definition) is 1. The number of ether oxygens (including phenoxy) is 2. The Balaban J connectivity index is 2.87. The van der Waals surface area contributed by atoms with E-state index in [2.05, 4.69) is 10.3 Å². The summed E-state index contributed by atoms with van der Waals surface area (Å²) in [5.74, 6) is -0.416. The van der Waals surface area contributed by atoms with Gasteiger partial charge < -0.3 is 9.47 Å². The van der Waals surface area contributed by atoms with Crippen LogP contribution >= 0.6 is 11.8 Å². The summed E-state index contributed by atoms with van der Waals surface area (Å²) in [6.45, 7) is 10.8. The number of aromatic nitrogens is 1. The standard InChI is InChI=1S/C20H30N2O5S/c1-7-16(28-13(3)23)15(18(24)26-8-2)11-14-9-10-17(21-12-14)22-19(25)27-20(4,5)6/h9-10,12,15-16H,7-8,11H2,1-6H3,(H,21,22,25). The van der Waals surface area contributed by atoms with Gasteiger partial charge in [0.1, 0.15) is 11.4 Å². The first-order valence-electron chi connectivity index (χ1n) is 9.34. The van der Waals surface area contributed by atoms with Gasteiger partial charge in [-0.1, -0.05) is 24.8 Å². The molecular formula is C20H30N2O5S. The first kappa shape index (κ1) is 23.9. The molecular weight excluding hydrogens is 380 g/mol. The van der Waals surface area contributed by atoms with E-state index in [1.165, 1.54) is 6.92 Å². The molecule has 0 bridgehead atoms. The molecule has 1 aromatic heterocycles. The monoisotopic (exact) mass is 410 g/mol. The van der Waals surface area contributed by atoms with Gasteiger partial charge in [0.05, 0.1) is 12.5 Å². The van der Waals surface area contributed by atoms with Crippen molar-refractivity contribution in [2.45, 2.75) is 65.2 Å². The number of amides is 1. The van der Waals surface area contributed by atoms with Crippen molar-refractivity contribution < 1.29 is 23.9 Å². The maximum atomic E-state index is 12.4. The summed E-state index contributed by atoms with van der Waals surface area (Å²) in [7, 11) is 0. The minimum absolute atomic E-state index is 0.0313. The van der Waals surface area contributed by atoms with Gasteiger partial charge in [-0.2, -0.15) is 0 Å². The van der Waals surface area contributed by atoms with E-state index in [9.17, 15) is 14.4 Å². The van der Waals surface area contributed by atoms with Gasteiger partial charge in [0, 0.05) is 18.4 Å². The Hall–Kier alpha value is -2.09. The molecule has 28 heavy (non-hydrogen) atoms. The zero-order chi connectivity index (χ0) is 21.3. The van der Waals surface area contributed by atoms with Gasteiger partial charge in [-0.05, 0) is 52.2 Å². The second kappa shape index (κ2) is 11.0. The van der Waals surface area contributed by atoms with E-state index in [-0.39, 0.29) is 22.9 Å². The number of rotatable bonds is 8. The average molecular weight is 411 g/mol. The number of carbonyl (C=O) groups is 3. The summed E-state index contributed by atoms with van der Waals surface area (Å²) in [6, 6.07) is 3.44. The van der Waals surface area contributed by atoms with E-state index >= 15 is 0 Å². The Labute approximate surface area is 171 Å². The number of nitrogens with zero attached hydrogens (tertiary/aromatic N) is 1. The molecule has 8 heteroatoms. The molecule has 0 saturated heterocycles. The number of nitrogens with one attached hydrogen (secondary N) is 1. The second-order valence-corrected chi connectivity index (χ2v) is 8.71. The van der Waals surface area contributed by atoms with Gasteiger partial charge in [0.2, 0.25) is 0 Å². The van der Waals surface area contributed by atoms with Crippen LogP contribution in [0.5, 0.6) is 0 Å². The lowest BCUT2D eigenvalue weighted by Crippen LogP contribution is -2.30. The fourth-order valence-electron chi connectivity index (χ4n) is 2.56. The van der Waals surface area contributed by atoms with Crippen LogP contribution in [0.15, 0.2) is 18.3 Å². The van der Waals surface area contributed by atoms with E-state index in [4.69, 9.17) is 9.47 Å². The number of thioether (sulfide) groups is 1. The number of hydrogen-bond acceptors (Lipinski definition) is 7. The minimum Gasteiger partial charge on any atom is -0.466 e. The Morgan fingerprint density at radius 1 is 1.21 bits per heavy atom. The van der Waals surface area contributed by atoms with Crippen LogP contribution in [0.3, 0.4) is 0 Å². The predicted octanol–water partition coefficient (Wildman–Crippen LogP) is 4.21. The number of carbonyl (C=O) groups excluding carboxylic acids is 3. The van der Waals surface area contributed by atoms with Gasteiger partial charge in [0.25, 0.3) is 0 Å². The molecule has 0 aliphatic heterocycles. The van der Waals surface area contributed by atoms with Gasteiger partial charge >= 0.3 is 12.1 Å². The third-order valence-electron chi connectivity index (χ3n) is 3.67. The third-order valence-corrected chi connectivity index (χ3v) is 4.96. The van der Waals surface area contributed by atoms with Crippen molar-refractivity contribution in [2.24, 2.45) is 5.92 Å². The van der Waals surface area contributed by atoms with E-state index in [1.54, 1.807) is 46.0 Å². The molecule has 0 aliphatic rings. The quantitative estimate of drug-likeness (QED) is 0.642. The SMILES string of the molecule is CCOC(=O)C(Cc1ccc(NC(=O)OC(C)(C)C)nc1)C(CC)SC(C)=O. The first-order chi connectivity index (χ1) is 13.1. The molecule has 1 aromatic rings. The molecule has 1 N–H and O–H groups in total. The van der Waals surface area contributed by atoms with Crippen LogP contribution in [0.25, 0.3) is 0 Å². The van der Waals surface area contributed by atoms with E-state index in [0.29, 0.717) is 18.7 Å². The summed E-state index contributed by atoms with van der Waals surface area (Å²) < 4.78 is 10.4. The lowest BCUT2D eigenvalue weighted by Gasteiger charge is -2.23. The maximum Gasteiger partial charge on any atom is 0.413 e. The summed E-state index contributed by atoms with van der Waals surface area (Å²) >= 11 is 1.16. The molecule has 2 unspecified atom stereocenters. The molecule has 156 valence electrons. The number of anilines is 1. The Morgan fingerprint density at radius 2 is 1.89 bits per heavy atom. The van der Waals surface area contributed by atoms with Gasteiger partial charge in [-0.25, -0.2) is 9.78 Å². The van der Waals surface area contributed by atoms with Gasteiger partial charge in [0.15, 0.2) is 5.12 Å². The molecule has 1 amide bonds. The Morgan fingerprint density at radius 3 is 2.36 bits per heavy atom. The zero-order valence-corrected chi connectivity index (χ0v) is 18.2. The lowest BCUT2D eigenvalue weighted by molar-refractivity contribution is -0.148. The Bertz CT molecular complexity index is 670. The van der Waals surface area contributed by atoms with Crippen molar-refractivity contribution in [3.8, 4) is 0 Å². The van der Waals surface area contributed by atoms with Crippen molar-refractivity contribution in [1.82, 2.24) is 4.98 Å². The zero-order valence-electron chi connectivity index (χ0n) is 17.4. The summed E-state index contributed by atoms with van der Waals surface area (Å²) in [6.07, 6.45) is 2.09. The summed E-state index contributed by atoms with van der Waals surface area (Å²) in [5.41, 5.74) is 0.218. The van der Waals surface area contributed by atoms with Crippen molar-refractivity contribution in [2.75, 3.05) is 11.9 Å². The van der Waals surface area contributed by atoms with E-state index in [0.717, 1.165) is 17.3 Å². The largest absolute Gasteiger partial charge is 0.466 e. The normalized spacial score (nSPS) is 13.4. The molecule has 0 fully saturated rings. The van der Waals surface area contributed by atoms with Crippen LogP contribution in [0.2, 0.25) is 0 Å². The minimum atomic E-state index is -0.597. The van der Waals surface area contributed by atoms with Crippen LogP contribution in [-0.4, -0.2) is 39.6 Å². The highest BCUT2D eigenvalue weighted by molar-refractivity contribution is 8.14. The van der Waals surface area contributed by atoms with E-state index < -0.39 is 17.6 Å².